The number of aryl methyl sites for hydroxylation is 1. The SMILES string of the molecule is CC(C)N(CC(=O)N(Cc1cccn1C)C1CC1)C(=O)Nc1ccccc1. The number of carbonyl (C=O) groups excluding carboxylic acids is 2. The van der Waals surface area contributed by atoms with E-state index in [1.807, 2.05) is 79.0 Å². The number of rotatable bonds is 7. The van der Waals surface area contributed by atoms with Gasteiger partial charge >= 0.3 is 6.03 Å². The Hall–Kier alpha value is -2.76. The molecular weight excluding hydrogens is 340 g/mol. The number of hydrogen-bond acceptors (Lipinski definition) is 2. The van der Waals surface area contributed by atoms with Crippen molar-refractivity contribution in [2.45, 2.75) is 45.3 Å². The lowest BCUT2D eigenvalue weighted by atomic mass is 10.3. The van der Waals surface area contributed by atoms with Gasteiger partial charge in [0.25, 0.3) is 0 Å². The van der Waals surface area contributed by atoms with E-state index in [0.29, 0.717) is 12.6 Å². The van der Waals surface area contributed by atoms with E-state index in [1.54, 1.807) is 4.90 Å². The lowest BCUT2D eigenvalue weighted by Gasteiger charge is -2.30. The summed E-state index contributed by atoms with van der Waals surface area (Å²) in [5, 5.41) is 2.88. The predicted molar refractivity (Wildman–Crippen MR) is 106 cm³/mol. The number of benzene rings is 1. The molecule has 6 nitrogen and oxygen atoms in total. The van der Waals surface area contributed by atoms with Crippen molar-refractivity contribution < 1.29 is 9.59 Å². The molecule has 3 amide bonds. The van der Waals surface area contributed by atoms with Crippen LogP contribution in [-0.2, 0) is 18.4 Å². The summed E-state index contributed by atoms with van der Waals surface area (Å²) in [5.74, 6) is -0.00406. The fraction of sp³-hybridized carbons (Fsp3) is 0.429. The Labute approximate surface area is 160 Å². The zero-order valence-electron chi connectivity index (χ0n) is 16.3. The number of nitrogens with zero attached hydrogens (tertiary/aromatic N) is 3. The number of hydrogen-bond donors (Lipinski definition) is 1. The number of anilines is 1. The normalized spacial score (nSPS) is 13.5. The van der Waals surface area contributed by atoms with E-state index in [9.17, 15) is 9.59 Å². The Morgan fingerprint density at radius 2 is 1.85 bits per heavy atom. The van der Waals surface area contributed by atoms with E-state index >= 15 is 0 Å². The van der Waals surface area contributed by atoms with Gasteiger partial charge in [-0.25, -0.2) is 4.79 Å². The van der Waals surface area contributed by atoms with Crippen LogP contribution in [0.25, 0.3) is 0 Å². The van der Waals surface area contributed by atoms with Crippen LogP contribution in [0, 0.1) is 0 Å². The van der Waals surface area contributed by atoms with Crippen molar-refractivity contribution in [3.05, 3.63) is 54.4 Å². The van der Waals surface area contributed by atoms with Gasteiger partial charge in [0.1, 0.15) is 6.54 Å². The van der Waals surface area contributed by atoms with Gasteiger partial charge in [0.15, 0.2) is 0 Å². The van der Waals surface area contributed by atoms with Crippen LogP contribution in [-0.4, -0.2) is 44.9 Å². The molecule has 0 unspecified atom stereocenters. The zero-order valence-corrected chi connectivity index (χ0v) is 16.3. The van der Waals surface area contributed by atoms with Crippen molar-refractivity contribution in [1.29, 1.82) is 0 Å². The summed E-state index contributed by atoms with van der Waals surface area (Å²) in [4.78, 5) is 29.2. The maximum Gasteiger partial charge on any atom is 0.322 e. The topological polar surface area (TPSA) is 57.6 Å². The third-order valence-corrected chi connectivity index (χ3v) is 4.91. The first-order valence-electron chi connectivity index (χ1n) is 9.48. The van der Waals surface area contributed by atoms with Crippen molar-refractivity contribution >= 4 is 17.6 Å². The van der Waals surface area contributed by atoms with Gasteiger partial charge < -0.3 is 19.7 Å². The van der Waals surface area contributed by atoms with Gasteiger partial charge in [-0.15, -0.1) is 0 Å². The Morgan fingerprint density at radius 1 is 1.15 bits per heavy atom. The van der Waals surface area contributed by atoms with Crippen molar-refractivity contribution in [3.8, 4) is 0 Å². The molecule has 0 radical (unpaired) electrons. The van der Waals surface area contributed by atoms with Gasteiger partial charge in [-0.1, -0.05) is 18.2 Å². The van der Waals surface area contributed by atoms with Crippen LogP contribution in [0.15, 0.2) is 48.7 Å². The van der Waals surface area contributed by atoms with Gasteiger partial charge in [-0.2, -0.15) is 0 Å². The highest BCUT2D eigenvalue weighted by Crippen LogP contribution is 2.28. The first-order valence-corrected chi connectivity index (χ1v) is 9.48. The second kappa shape index (κ2) is 8.29. The summed E-state index contributed by atoms with van der Waals surface area (Å²) in [6.07, 6.45) is 4.06. The summed E-state index contributed by atoms with van der Waals surface area (Å²) < 4.78 is 2.03. The minimum atomic E-state index is -0.251. The molecule has 1 saturated carbocycles. The average molecular weight is 368 g/mol. The minimum Gasteiger partial charge on any atom is -0.353 e. The quantitative estimate of drug-likeness (QED) is 0.814. The molecule has 0 atom stereocenters. The first-order chi connectivity index (χ1) is 13.0. The fourth-order valence-electron chi connectivity index (χ4n) is 3.08. The highest BCUT2D eigenvalue weighted by atomic mass is 16.2. The Morgan fingerprint density at radius 3 is 2.41 bits per heavy atom. The molecule has 1 heterocycles. The van der Waals surface area contributed by atoms with E-state index in [-0.39, 0.29) is 24.5 Å². The molecule has 3 rings (SSSR count). The summed E-state index contributed by atoms with van der Waals surface area (Å²) >= 11 is 0. The molecule has 0 spiro atoms. The third kappa shape index (κ3) is 4.90. The van der Waals surface area contributed by atoms with E-state index in [2.05, 4.69) is 5.32 Å². The maximum atomic E-state index is 13.0. The molecule has 6 heteroatoms. The second-order valence-electron chi connectivity index (χ2n) is 7.38. The molecule has 1 fully saturated rings. The third-order valence-electron chi connectivity index (χ3n) is 4.91. The largest absolute Gasteiger partial charge is 0.353 e. The van der Waals surface area contributed by atoms with Crippen LogP contribution in [0.4, 0.5) is 10.5 Å². The van der Waals surface area contributed by atoms with Crippen LogP contribution >= 0.6 is 0 Å². The molecule has 1 aliphatic carbocycles. The van der Waals surface area contributed by atoms with Crippen LogP contribution < -0.4 is 5.32 Å². The van der Waals surface area contributed by atoms with Crippen LogP contribution in [0.5, 0.6) is 0 Å². The molecule has 0 saturated heterocycles. The van der Waals surface area contributed by atoms with Crippen LogP contribution in [0.3, 0.4) is 0 Å². The molecule has 1 aromatic heterocycles. The minimum absolute atomic E-state index is 0.00406. The van der Waals surface area contributed by atoms with E-state index < -0.39 is 0 Å². The van der Waals surface area contributed by atoms with Gasteiger partial charge in [-0.05, 0) is 51.0 Å². The standard InChI is InChI=1S/C21H28N4O2/c1-16(2)24(21(27)22-17-8-5-4-6-9-17)15-20(26)25(18-11-12-18)14-19-10-7-13-23(19)3/h4-10,13,16,18H,11-12,14-15H2,1-3H3,(H,22,27). The second-order valence-corrected chi connectivity index (χ2v) is 7.38. The number of amides is 3. The van der Waals surface area contributed by atoms with Crippen molar-refractivity contribution in [3.63, 3.8) is 0 Å². The lowest BCUT2D eigenvalue weighted by Crippen LogP contribution is -2.48. The maximum absolute atomic E-state index is 13.0. The summed E-state index contributed by atoms with van der Waals surface area (Å²) in [6, 6.07) is 13.3. The molecule has 1 N–H and O–H groups in total. The molecule has 144 valence electrons. The highest BCUT2D eigenvalue weighted by molar-refractivity contribution is 5.92. The Bertz CT molecular complexity index is 780. The van der Waals surface area contributed by atoms with Crippen molar-refractivity contribution in [1.82, 2.24) is 14.4 Å². The van der Waals surface area contributed by atoms with Crippen molar-refractivity contribution in [2.75, 3.05) is 11.9 Å². The summed E-state index contributed by atoms with van der Waals surface area (Å²) in [5.41, 5.74) is 1.82. The fourth-order valence-corrected chi connectivity index (χ4v) is 3.08. The van der Waals surface area contributed by atoms with Gasteiger partial charge in [0, 0.05) is 36.7 Å². The lowest BCUT2D eigenvalue weighted by molar-refractivity contribution is -0.133. The molecular formula is C21H28N4O2. The van der Waals surface area contributed by atoms with E-state index in [0.717, 1.165) is 24.2 Å². The number of aromatic nitrogens is 1. The Balaban J connectivity index is 1.67. The molecule has 1 aromatic carbocycles. The molecule has 0 aliphatic heterocycles. The monoisotopic (exact) mass is 368 g/mol. The van der Waals surface area contributed by atoms with E-state index in [4.69, 9.17) is 0 Å². The smallest absolute Gasteiger partial charge is 0.322 e. The average Bonchev–Trinajstić information content (AvgIpc) is 3.40. The molecule has 0 bridgehead atoms. The van der Waals surface area contributed by atoms with Gasteiger partial charge in [0.05, 0.1) is 6.54 Å². The predicted octanol–water partition coefficient (Wildman–Crippen LogP) is 3.46. The van der Waals surface area contributed by atoms with Gasteiger partial charge in [-0.3, -0.25) is 4.79 Å². The number of para-hydroxylation sites is 1. The molecule has 27 heavy (non-hydrogen) atoms. The van der Waals surface area contributed by atoms with Crippen molar-refractivity contribution in [2.24, 2.45) is 7.05 Å². The molecule has 1 aliphatic rings. The number of carbonyl (C=O) groups is 2. The van der Waals surface area contributed by atoms with Crippen LogP contribution in [0.2, 0.25) is 0 Å². The van der Waals surface area contributed by atoms with E-state index in [1.165, 1.54) is 0 Å². The first kappa shape index (κ1) is 19.0. The Kier molecular flexibility index (Phi) is 5.84. The number of nitrogens with one attached hydrogen (secondary N) is 1. The zero-order chi connectivity index (χ0) is 19.4. The molecule has 2 aromatic rings. The summed E-state index contributed by atoms with van der Waals surface area (Å²) in [7, 11) is 1.98. The van der Waals surface area contributed by atoms with Crippen LogP contribution in [0.1, 0.15) is 32.4 Å². The van der Waals surface area contributed by atoms with Gasteiger partial charge in [0.2, 0.25) is 5.91 Å². The highest BCUT2D eigenvalue weighted by Gasteiger charge is 2.34. The summed E-state index contributed by atoms with van der Waals surface area (Å²) in [6.45, 7) is 4.52. The number of urea groups is 1.